The van der Waals surface area contributed by atoms with E-state index in [0.717, 1.165) is 18.4 Å². The molecule has 104 valence electrons. The van der Waals surface area contributed by atoms with Crippen LogP contribution in [0.4, 0.5) is 5.95 Å². The third kappa shape index (κ3) is 2.50. The summed E-state index contributed by atoms with van der Waals surface area (Å²) in [5, 5.41) is 12.3. The maximum absolute atomic E-state index is 8.88. The molecule has 2 aromatic rings. The highest BCUT2D eigenvalue weighted by Crippen LogP contribution is 2.47. The van der Waals surface area contributed by atoms with Gasteiger partial charge in [-0.1, -0.05) is 30.3 Å². The van der Waals surface area contributed by atoms with Crippen molar-refractivity contribution in [3.05, 3.63) is 53.9 Å². The molecule has 0 spiro atoms. The molecule has 1 aliphatic carbocycles. The lowest BCUT2D eigenvalue weighted by Crippen LogP contribution is -2.21. The zero-order valence-corrected chi connectivity index (χ0v) is 11.4. The molecule has 5 nitrogen and oxygen atoms in total. The molecular formula is C15H18N4O. The predicted molar refractivity (Wildman–Crippen MR) is 76.3 cm³/mol. The van der Waals surface area contributed by atoms with Gasteiger partial charge in [0.1, 0.15) is 0 Å². The number of nitrogens with one attached hydrogen (secondary N) is 2. The first-order valence-electron chi connectivity index (χ1n) is 6.79. The molecule has 0 amide bonds. The lowest BCUT2D eigenvalue weighted by Gasteiger charge is -2.18. The van der Waals surface area contributed by atoms with Crippen LogP contribution in [0.25, 0.3) is 0 Å². The van der Waals surface area contributed by atoms with Crippen LogP contribution in [0.15, 0.2) is 42.7 Å². The summed E-state index contributed by atoms with van der Waals surface area (Å²) in [5.41, 5.74) is 4.30. The molecule has 0 bridgehead atoms. The molecule has 20 heavy (non-hydrogen) atoms. The third-order valence-corrected chi connectivity index (χ3v) is 3.79. The molecule has 1 aromatic carbocycles. The Morgan fingerprint density at radius 1 is 1.15 bits per heavy atom. The number of hydrogen-bond donors (Lipinski definition) is 3. The molecular weight excluding hydrogens is 252 g/mol. The Bertz CT molecular complexity index is 566. The van der Waals surface area contributed by atoms with Gasteiger partial charge < -0.3 is 10.5 Å². The lowest BCUT2D eigenvalue weighted by molar-refractivity contribution is 0.133. The molecule has 5 heteroatoms. The Hall–Kier alpha value is -1.98. The van der Waals surface area contributed by atoms with Gasteiger partial charge in [-0.15, -0.1) is 0 Å². The second-order valence-corrected chi connectivity index (χ2v) is 5.26. The van der Waals surface area contributed by atoms with Crippen LogP contribution in [-0.4, -0.2) is 15.2 Å². The number of rotatable bonds is 5. The first-order valence-corrected chi connectivity index (χ1v) is 6.79. The minimum Gasteiger partial charge on any atom is -0.345 e. The SMILES string of the molecule is C[C@H](NO)c1cnc(NC2(c3ccccc3)CC2)nc1. The number of hydroxylamine groups is 1. The fourth-order valence-corrected chi connectivity index (χ4v) is 2.28. The van der Waals surface area contributed by atoms with Crippen molar-refractivity contribution in [3.63, 3.8) is 0 Å². The fraction of sp³-hybridized carbons (Fsp3) is 0.333. The number of benzene rings is 1. The fourth-order valence-electron chi connectivity index (χ4n) is 2.28. The van der Waals surface area contributed by atoms with Crippen molar-refractivity contribution in [1.29, 1.82) is 0 Å². The van der Waals surface area contributed by atoms with E-state index < -0.39 is 0 Å². The lowest BCUT2D eigenvalue weighted by atomic mass is 10.1. The van der Waals surface area contributed by atoms with Gasteiger partial charge in [-0.05, 0) is 25.3 Å². The van der Waals surface area contributed by atoms with E-state index >= 15 is 0 Å². The highest BCUT2D eigenvalue weighted by atomic mass is 16.5. The molecule has 1 heterocycles. The van der Waals surface area contributed by atoms with Crippen molar-refractivity contribution < 1.29 is 5.21 Å². The minimum atomic E-state index is -0.173. The summed E-state index contributed by atoms with van der Waals surface area (Å²) in [6.45, 7) is 1.85. The monoisotopic (exact) mass is 270 g/mol. The Kier molecular flexibility index (Phi) is 3.38. The second-order valence-electron chi connectivity index (χ2n) is 5.26. The minimum absolute atomic E-state index is 0.0103. The highest BCUT2D eigenvalue weighted by molar-refractivity contribution is 5.42. The van der Waals surface area contributed by atoms with E-state index in [1.807, 2.05) is 13.0 Å². The van der Waals surface area contributed by atoms with E-state index in [1.165, 1.54) is 5.56 Å². The standard InChI is InChI=1S/C15H18N4O/c1-11(19-20)12-9-16-14(17-10-12)18-15(7-8-15)13-5-3-2-4-6-13/h2-6,9-11,19-20H,7-8H2,1H3,(H,16,17,18)/t11-/m0/s1. The Morgan fingerprint density at radius 2 is 1.80 bits per heavy atom. The third-order valence-electron chi connectivity index (χ3n) is 3.79. The van der Waals surface area contributed by atoms with Crippen molar-refractivity contribution in [2.75, 3.05) is 5.32 Å². The molecule has 1 aromatic heterocycles. The molecule has 0 unspecified atom stereocenters. The van der Waals surface area contributed by atoms with E-state index in [9.17, 15) is 0 Å². The average Bonchev–Trinajstić information content (AvgIpc) is 3.29. The molecule has 1 saturated carbocycles. The van der Waals surface area contributed by atoms with Crippen molar-refractivity contribution in [1.82, 2.24) is 15.4 Å². The topological polar surface area (TPSA) is 70.1 Å². The Labute approximate surface area is 118 Å². The van der Waals surface area contributed by atoms with Gasteiger partial charge in [-0.25, -0.2) is 9.97 Å². The summed E-state index contributed by atoms with van der Waals surface area (Å²) in [5.74, 6) is 0.625. The van der Waals surface area contributed by atoms with Gasteiger partial charge in [-0.2, -0.15) is 5.48 Å². The van der Waals surface area contributed by atoms with Crippen LogP contribution in [0.1, 0.15) is 36.9 Å². The van der Waals surface area contributed by atoms with Crippen molar-refractivity contribution in [3.8, 4) is 0 Å². The van der Waals surface area contributed by atoms with E-state index in [-0.39, 0.29) is 11.6 Å². The zero-order chi connectivity index (χ0) is 14.0. The number of aromatic nitrogens is 2. The summed E-state index contributed by atoms with van der Waals surface area (Å²) in [4.78, 5) is 8.65. The molecule has 0 saturated heterocycles. The quantitative estimate of drug-likeness (QED) is 0.729. The van der Waals surface area contributed by atoms with Gasteiger partial charge in [-0.3, -0.25) is 0 Å². The summed E-state index contributed by atoms with van der Waals surface area (Å²) in [6.07, 6.45) is 5.64. The summed E-state index contributed by atoms with van der Waals surface area (Å²) in [7, 11) is 0. The first kappa shape index (κ1) is 13.0. The molecule has 1 aliphatic rings. The molecule has 0 aliphatic heterocycles. The predicted octanol–water partition coefficient (Wildman–Crippen LogP) is 2.62. The van der Waals surface area contributed by atoms with Gasteiger partial charge in [0.15, 0.2) is 0 Å². The Morgan fingerprint density at radius 3 is 2.35 bits per heavy atom. The summed E-state index contributed by atoms with van der Waals surface area (Å²) >= 11 is 0. The van der Waals surface area contributed by atoms with E-state index in [4.69, 9.17) is 5.21 Å². The van der Waals surface area contributed by atoms with Crippen molar-refractivity contribution in [2.24, 2.45) is 0 Å². The van der Waals surface area contributed by atoms with Gasteiger partial charge in [0, 0.05) is 18.0 Å². The molecule has 3 rings (SSSR count). The van der Waals surface area contributed by atoms with Crippen LogP contribution in [-0.2, 0) is 5.54 Å². The molecule has 1 fully saturated rings. The van der Waals surface area contributed by atoms with Crippen molar-refractivity contribution >= 4 is 5.95 Å². The highest BCUT2D eigenvalue weighted by Gasteiger charge is 2.44. The van der Waals surface area contributed by atoms with E-state index in [1.54, 1.807) is 12.4 Å². The van der Waals surface area contributed by atoms with Crippen LogP contribution in [0.5, 0.6) is 0 Å². The van der Waals surface area contributed by atoms with E-state index in [0.29, 0.717) is 5.95 Å². The van der Waals surface area contributed by atoms with Crippen molar-refractivity contribution in [2.45, 2.75) is 31.3 Å². The second kappa shape index (κ2) is 5.19. The summed E-state index contributed by atoms with van der Waals surface area (Å²) in [6, 6.07) is 10.2. The van der Waals surface area contributed by atoms with Gasteiger partial charge >= 0.3 is 0 Å². The number of hydrogen-bond acceptors (Lipinski definition) is 5. The van der Waals surface area contributed by atoms with Crippen LogP contribution in [0.3, 0.4) is 0 Å². The van der Waals surface area contributed by atoms with Crippen LogP contribution in [0.2, 0.25) is 0 Å². The van der Waals surface area contributed by atoms with Crippen LogP contribution >= 0.6 is 0 Å². The van der Waals surface area contributed by atoms with Gasteiger partial charge in [0.25, 0.3) is 0 Å². The maximum Gasteiger partial charge on any atom is 0.223 e. The molecule has 0 radical (unpaired) electrons. The van der Waals surface area contributed by atoms with Crippen LogP contribution < -0.4 is 10.8 Å². The zero-order valence-electron chi connectivity index (χ0n) is 11.4. The van der Waals surface area contributed by atoms with Gasteiger partial charge in [0.2, 0.25) is 5.95 Å². The van der Waals surface area contributed by atoms with Crippen LogP contribution in [0, 0.1) is 0 Å². The normalized spacial score (nSPS) is 17.5. The maximum atomic E-state index is 8.88. The number of anilines is 1. The molecule has 1 atom stereocenters. The largest absolute Gasteiger partial charge is 0.345 e. The Balaban J connectivity index is 1.75. The number of nitrogens with zero attached hydrogens (tertiary/aromatic N) is 2. The summed E-state index contributed by atoms with van der Waals surface area (Å²) < 4.78 is 0. The van der Waals surface area contributed by atoms with E-state index in [2.05, 4.69) is 45.0 Å². The molecule has 3 N–H and O–H groups in total. The first-order chi connectivity index (χ1) is 9.73. The average molecular weight is 270 g/mol. The van der Waals surface area contributed by atoms with Gasteiger partial charge in [0.05, 0.1) is 11.6 Å². The smallest absolute Gasteiger partial charge is 0.223 e.